The monoisotopic (exact) mass is 333 g/mol. The molecule has 1 aromatic carbocycles. The highest BCUT2D eigenvalue weighted by Gasteiger charge is 2.22. The van der Waals surface area contributed by atoms with Gasteiger partial charge in [0.25, 0.3) is 0 Å². The molecule has 1 atom stereocenters. The van der Waals surface area contributed by atoms with Gasteiger partial charge in [0.2, 0.25) is 0 Å². The molecule has 5 nitrogen and oxygen atoms in total. The van der Waals surface area contributed by atoms with E-state index in [1.807, 2.05) is 0 Å². The number of rotatable bonds is 4. The Balaban J connectivity index is 2.92. The van der Waals surface area contributed by atoms with Crippen LogP contribution in [0.25, 0.3) is 0 Å². The summed E-state index contributed by atoms with van der Waals surface area (Å²) in [6.07, 6.45) is -0.989. The first-order valence-corrected chi connectivity index (χ1v) is 7.00. The largest absolute Gasteiger partial charge is 0.481 e. The van der Waals surface area contributed by atoms with Crippen molar-refractivity contribution in [2.45, 2.75) is 38.8 Å². The standard InChI is InChI=1S/C14H17Cl2NO4/c1-14(2,3)21-13(20)17-11(7-12(18)19)8-4-5-9(15)10(16)6-8/h4-6,11H,7H2,1-3H3,(H,17,20)(H,18,19)/t11-/m1/s1. The maximum absolute atomic E-state index is 11.8. The minimum atomic E-state index is -1.05. The minimum Gasteiger partial charge on any atom is -0.481 e. The number of hydrogen-bond acceptors (Lipinski definition) is 3. The molecule has 0 aromatic heterocycles. The van der Waals surface area contributed by atoms with Crippen LogP contribution in [-0.4, -0.2) is 22.8 Å². The molecule has 0 heterocycles. The van der Waals surface area contributed by atoms with Gasteiger partial charge in [-0.2, -0.15) is 0 Å². The molecule has 2 N–H and O–H groups in total. The number of carbonyl (C=O) groups is 2. The van der Waals surface area contributed by atoms with E-state index in [4.69, 9.17) is 33.0 Å². The number of nitrogens with one attached hydrogen (secondary N) is 1. The third-order valence-corrected chi connectivity index (χ3v) is 3.15. The predicted octanol–water partition coefficient (Wildman–Crippen LogP) is 4.03. The molecule has 116 valence electrons. The Morgan fingerprint density at radius 1 is 1.29 bits per heavy atom. The van der Waals surface area contributed by atoms with Gasteiger partial charge >= 0.3 is 12.1 Å². The van der Waals surface area contributed by atoms with E-state index in [1.54, 1.807) is 32.9 Å². The second-order valence-electron chi connectivity index (χ2n) is 5.47. The van der Waals surface area contributed by atoms with Gasteiger partial charge in [-0.3, -0.25) is 4.79 Å². The number of carboxylic acids is 1. The van der Waals surface area contributed by atoms with Crippen molar-refractivity contribution in [2.24, 2.45) is 0 Å². The Bertz CT molecular complexity index is 540. The maximum Gasteiger partial charge on any atom is 0.408 e. The van der Waals surface area contributed by atoms with E-state index in [2.05, 4.69) is 5.32 Å². The molecule has 21 heavy (non-hydrogen) atoms. The lowest BCUT2D eigenvalue weighted by Gasteiger charge is -2.23. The number of carbonyl (C=O) groups excluding carboxylic acids is 1. The number of aliphatic carboxylic acids is 1. The smallest absolute Gasteiger partial charge is 0.408 e. The molecule has 0 unspecified atom stereocenters. The van der Waals surface area contributed by atoms with E-state index >= 15 is 0 Å². The van der Waals surface area contributed by atoms with Crippen LogP contribution in [0, 0.1) is 0 Å². The third-order valence-electron chi connectivity index (χ3n) is 2.42. The molecule has 0 saturated heterocycles. The lowest BCUT2D eigenvalue weighted by Crippen LogP contribution is -2.35. The summed E-state index contributed by atoms with van der Waals surface area (Å²) in [5, 5.41) is 12.1. The van der Waals surface area contributed by atoms with Crippen molar-refractivity contribution in [3.63, 3.8) is 0 Å². The lowest BCUT2D eigenvalue weighted by atomic mass is 10.0. The fourth-order valence-corrected chi connectivity index (χ4v) is 1.91. The second-order valence-corrected chi connectivity index (χ2v) is 6.28. The number of carboxylic acid groups (broad SMARTS) is 1. The van der Waals surface area contributed by atoms with E-state index in [0.29, 0.717) is 10.6 Å². The van der Waals surface area contributed by atoms with Gasteiger partial charge in [-0.25, -0.2) is 4.79 Å². The number of benzene rings is 1. The third kappa shape index (κ3) is 6.23. The van der Waals surface area contributed by atoms with E-state index in [-0.39, 0.29) is 11.4 Å². The Hall–Kier alpha value is -1.46. The highest BCUT2D eigenvalue weighted by Crippen LogP contribution is 2.27. The first kappa shape index (κ1) is 17.6. The summed E-state index contributed by atoms with van der Waals surface area (Å²) in [6.45, 7) is 5.16. The molecule has 0 saturated carbocycles. The van der Waals surface area contributed by atoms with E-state index in [9.17, 15) is 9.59 Å². The minimum absolute atomic E-state index is 0.288. The summed E-state index contributed by atoms with van der Waals surface area (Å²) in [5.74, 6) is -1.05. The first-order chi connectivity index (χ1) is 9.58. The van der Waals surface area contributed by atoms with Crippen molar-refractivity contribution in [1.82, 2.24) is 5.32 Å². The van der Waals surface area contributed by atoms with Crippen molar-refractivity contribution >= 4 is 35.3 Å². The maximum atomic E-state index is 11.8. The van der Waals surface area contributed by atoms with Gasteiger partial charge in [0.05, 0.1) is 22.5 Å². The Labute approximate surface area is 133 Å². The van der Waals surface area contributed by atoms with Crippen molar-refractivity contribution in [3.8, 4) is 0 Å². The molecule has 0 bridgehead atoms. The molecule has 0 fully saturated rings. The van der Waals surface area contributed by atoms with Crippen LogP contribution in [0.3, 0.4) is 0 Å². The van der Waals surface area contributed by atoms with Crippen LogP contribution in [0.1, 0.15) is 38.8 Å². The average molecular weight is 334 g/mol. The fourth-order valence-electron chi connectivity index (χ4n) is 1.61. The number of hydrogen-bond donors (Lipinski definition) is 2. The quantitative estimate of drug-likeness (QED) is 0.871. The molecule has 0 aliphatic carbocycles. The molecular weight excluding hydrogens is 317 g/mol. The number of halogens is 2. The highest BCUT2D eigenvalue weighted by molar-refractivity contribution is 6.42. The molecule has 1 rings (SSSR count). The summed E-state index contributed by atoms with van der Waals surface area (Å²) >= 11 is 11.7. The zero-order valence-electron chi connectivity index (χ0n) is 11.9. The van der Waals surface area contributed by atoms with Crippen LogP contribution >= 0.6 is 23.2 Å². The van der Waals surface area contributed by atoms with E-state index in [1.165, 1.54) is 6.07 Å². The van der Waals surface area contributed by atoms with E-state index in [0.717, 1.165) is 0 Å². The molecule has 0 aliphatic rings. The normalized spacial score (nSPS) is 12.6. The predicted molar refractivity (Wildman–Crippen MR) is 80.8 cm³/mol. The summed E-state index contributed by atoms with van der Waals surface area (Å²) in [4.78, 5) is 22.7. The summed E-state index contributed by atoms with van der Waals surface area (Å²) in [7, 11) is 0. The van der Waals surface area contributed by atoms with Gasteiger partial charge in [-0.05, 0) is 38.5 Å². The highest BCUT2D eigenvalue weighted by atomic mass is 35.5. The summed E-state index contributed by atoms with van der Waals surface area (Å²) in [5.41, 5.74) is -0.132. The zero-order chi connectivity index (χ0) is 16.2. The first-order valence-electron chi connectivity index (χ1n) is 6.25. The molecule has 7 heteroatoms. The molecule has 0 spiro atoms. The molecular formula is C14H17Cl2NO4. The summed E-state index contributed by atoms with van der Waals surface area (Å²) in [6, 6.07) is 3.92. The van der Waals surface area contributed by atoms with Crippen LogP contribution in [0.5, 0.6) is 0 Å². The summed E-state index contributed by atoms with van der Waals surface area (Å²) < 4.78 is 5.12. The number of amides is 1. The van der Waals surface area contributed by atoms with Crippen molar-refractivity contribution in [1.29, 1.82) is 0 Å². The van der Waals surface area contributed by atoms with E-state index < -0.39 is 23.7 Å². The Morgan fingerprint density at radius 2 is 1.90 bits per heavy atom. The van der Waals surface area contributed by atoms with Crippen molar-refractivity contribution < 1.29 is 19.4 Å². The number of alkyl carbamates (subject to hydrolysis) is 1. The van der Waals surface area contributed by atoms with Gasteiger partial charge < -0.3 is 15.2 Å². The molecule has 0 aliphatic heterocycles. The van der Waals surface area contributed by atoms with Crippen LogP contribution in [0.2, 0.25) is 10.0 Å². The Kier molecular flexibility index (Phi) is 5.87. The Morgan fingerprint density at radius 3 is 2.38 bits per heavy atom. The van der Waals surface area contributed by atoms with Gasteiger partial charge in [0.1, 0.15) is 5.60 Å². The topological polar surface area (TPSA) is 75.6 Å². The molecule has 1 aromatic rings. The SMILES string of the molecule is CC(C)(C)OC(=O)N[C@H](CC(=O)O)c1ccc(Cl)c(Cl)c1. The lowest BCUT2D eigenvalue weighted by molar-refractivity contribution is -0.137. The number of ether oxygens (including phenoxy) is 1. The van der Waals surface area contributed by atoms with Crippen LogP contribution in [-0.2, 0) is 9.53 Å². The van der Waals surface area contributed by atoms with Crippen molar-refractivity contribution in [2.75, 3.05) is 0 Å². The molecule has 1 amide bonds. The van der Waals surface area contributed by atoms with Crippen molar-refractivity contribution in [3.05, 3.63) is 33.8 Å². The fraction of sp³-hybridized carbons (Fsp3) is 0.429. The van der Waals surface area contributed by atoms with Gasteiger partial charge in [-0.15, -0.1) is 0 Å². The average Bonchev–Trinajstić information content (AvgIpc) is 2.28. The zero-order valence-corrected chi connectivity index (χ0v) is 13.5. The van der Waals surface area contributed by atoms with Crippen LogP contribution in [0.4, 0.5) is 4.79 Å². The van der Waals surface area contributed by atoms with Crippen LogP contribution < -0.4 is 5.32 Å². The van der Waals surface area contributed by atoms with Gasteiger partial charge in [0, 0.05) is 0 Å². The molecule has 0 radical (unpaired) electrons. The van der Waals surface area contributed by atoms with Gasteiger partial charge in [-0.1, -0.05) is 29.3 Å². The van der Waals surface area contributed by atoms with Crippen LogP contribution in [0.15, 0.2) is 18.2 Å². The van der Waals surface area contributed by atoms with Gasteiger partial charge in [0.15, 0.2) is 0 Å². The second kappa shape index (κ2) is 7.00.